The predicted octanol–water partition coefficient (Wildman–Crippen LogP) is 2.23. The molecule has 5 heteroatoms. The van der Waals surface area contributed by atoms with Gasteiger partial charge in [0.25, 0.3) is 0 Å². The Kier molecular flexibility index (Phi) is 5.23. The summed E-state index contributed by atoms with van der Waals surface area (Å²) in [6.07, 6.45) is 6.87. The highest BCUT2D eigenvalue weighted by molar-refractivity contribution is 5.81. The molecule has 0 spiro atoms. The molecule has 0 aliphatic heterocycles. The minimum Gasteiger partial charge on any atom is -0.467 e. The van der Waals surface area contributed by atoms with Crippen molar-refractivity contribution in [1.29, 1.82) is 5.26 Å². The van der Waals surface area contributed by atoms with Crippen molar-refractivity contribution in [2.75, 3.05) is 18.4 Å². The van der Waals surface area contributed by atoms with Gasteiger partial charge in [-0.3, -0.25) is 4.79 Å². The summed E-state index contributed by atoms with van der Waals surface area (Å²) in [6.45, 7) is 0.675. The minimum absolute atomic E-state index is 0.119. The first-order valence-corrected chi connectivity index (χ1v) is 6.70. The maximum atomic E-state index is 12.2. The van der Waals surface area contributed by atoms with Gasteiger partial charge in [0.15, 0.2) is 0 Å². The molecule has 0 radical (unpaired) electrons. The lowest BCUT2D eigenvalue weighted by atomic mass is 10.2. The van der Waals surface area contributed by atoms with E-state index in [9.17, 15) is 4.79 Å². The van der Waals surface area contributed by atoms with E-state index in [0.29, 0.717) is 17.9 Å². The van der Waals surface area contributed by atoms with Crippen LogP contribution in [-0.4, -0.2) is 23.9 Å². The first-order valence-electron chi connectivity index (χ1n) is 6.70. The van der Waals surface area contributed by atoms with Gasteiger partial charge in [0, 0.05) is 5.69 Å². The maximum Gasteiger partial charge on any atom is 0.243 e. The molecule has 0 fully saturated rings. The Morgan fingerprint density at radius 3 is 2.68 bits per heavy atom. The van der Waals surface area contributed by atoms with E-state index in [1.807, 2.05) is 6.07 Å². The summed E-state index contributed by atoms with van der Waals surface area (Å²) in [5.41, 5.74) is 1.34. The molecule has 1 aromatic heterocycles. The van der Waals surface area contributed by atoms with Crippen molar-refractivity contribution in [1.82, 2.24) is 4.90 Å². The molecule has 0 bridgehead atoms. The molecule has 0 saturated heterocycles. The number of furan rings is 1. The van der Waals surface area contributed by atoms with Crippen LogP contribution in [0.4, 0.5) is 5.69 Å². The zero-order valence-electron chi connectivity index (χ0n) is 12.0. The smallest absolute Gasteiger partial charge is 0.243 e. The van der Waals surface area contributed by atoms with Crippen LogP contribution in [0.2, 0.25) is 0 Å². The Bertz CT molecular complexity index is 691. The number of carbonyl (C=O) groups is 1. The summed E-state index contributed by atoms with van der Waals surface area (Å²) in [7, 11) is 0. The summed E-state index contributed by atoms with van der Waals surface area (Å²) in [4.78, 5) is 13.8. The van der Waals surface area contributed by atoms with Crippen LogP contribution in [0, 0.1) is 23.7 Å². The molecule has 1 aromatic carbocycles. The number of carbonyl (C=O) groups excluding carboxylic acids is 1. The molecule has 22 heavy (non-hydrogen) atoms. The molecule has 0 atom stereocenters. The van der Waals surface area contributed by atoms with Crippen LogP contribution >= 0.6 is 0 Å². The fraction of sp³-hybridized carbons (Fsp3) is 0.176. The lowest BCUT2D eigenvalue weighted by Gasteiger charge is -2.19. The highest BCUT2D eigenvalue weighted by Crippen LogP contribution is 2.09. The largest absolute Gasteiger partial charge is 0.467 e. The van der Waals surface area contributed by atoms with Crippen molar-refractivity contribution in [2.24, 2.45) is 0 Å². The van der Waals surface area contributed by atoms with Gasteiger partial charge in [0.05, 0.1) is 37.5 Å². The third-order valence-corrected chi connectivity index (χ3v) is 3.02. The minimum atomic E-state index is -0.126. The zero-order chi connectivity index (χ0) is 15.8. The van der Waals surface area contributed by atoms with Crippen LogP contribution in [0.3, 0.4) is 0 Å². The van der Waals surface area contributed by atoms with E-state index in [4.69, 9.17) is 16.1 Å². The molecule has 1 heterocycles. The van der Waals surface area contributed by atoms with Gasteiger partial charge in [-0.2, -0.15) is 5.26 Å². The van der Waals surface area contributed by atoms with Crippen molar-refractivity contribution in [3.8, 4) is 18.4 Å². The van der Waals surface area contributed by atoms with E-state index in [1.54, 1.807) is 42.7 Å². The average Bonchev–Trinajstić information content (AvgIpc) is 3.06. The fourth-order valence-corrected chi connectivity index (χ4v) is 1.89. The summed E-state index contributed by atoms with van der Waals surface area (Å²) in [5, 5.41) is 11.8. The fourth-order valence-electron chi connectivity index (χ4n) is 1.89. The molecule has 0 saturated carbocycles. The Balaban J connectivity index is 1.93. The van der Waals surface area contributed by atoms with Gasteiger partial charge < -0.3 is 14.6 Å². The van der Waals surface area contributed by atoms with E-state index in [1.165, 1.54) is 4.90 Å². The number of nitrogens with zero attached hydrogens (tertiary/aromatic N) is 2. The summed E-state index contributed by atoms with van der Waals surface area (Å²) in [5.74, 6) is 3.03. The Labute approximate surface area is 129 Å². The van der Waals surface area contributed by atoms with E-state index in [2.05, 4.69) is 11.2 Å². The molecule has 110 valence electrons. The van der Waals surface area contributed by atoms with Gasteiger partial charge in [-0.1, -0.05) is 5.92 Å². The SMILES string of the molecule is C#CCN(Cc1ccco1)C(=O)CNc1ccc(C#N)cc1. The molecule has 1 N–H and O–H groups in total. The number of hydrogen-bond donors (Lipinski definition) is 1. The van der Waals surface area contributed by atoms with Crippen molar-refractivity contribution < 1.29 is 9.21 Å². The van der Waals surface area contributed by atoms with E-state index >= 15 is 0 Å². The topological polar surface area (TPSA) is 69.3 Å². The second kappa shape index (κ2) is 7.56. The number of nitrogens with one attached hydrogen (secondary N) is 1. The van der Waals surface area contributed by atoms with Crippen LogP contribution in [-0.2, 0) is 11.3 Å². The lowest BCUT2D eigenvalue weighted by Crippen LogP contribution is -2.35. The molecule has 2 aromatic rings. The monoisotopic (exact) mass is 293 g/mol. The van der Waals surface area contributed by atoms with Crippen LogP contribution < -0.4 is 5.32 Å². The van der Waals surface area contributed by atoms with Crippen molar-refractivity contribution in [3.05, 3.63) is 54.0 Å². The van der Waals surface area contributed by atoms with Gasteiger partial charge in [0.2, 0.25) is 5.91 Å². The summed E-state index contributed by atoms with van der Waals surface area (Å²) in [6, 6.07) is 12.5. The Hall–Kier alpha value is -3.18. The molecule has 0 unspecified atom stereocenters. The number of amides is 1. The first-order chi connectivity index (χ1) is 10.7. The third-order valence-electron chi connectivity index (χ3n) is 3.02. The first kappa shape index (κ1) is 15.2. The van der Waals surface area contributed by atoms with Crippen molar-refractivity contribution in [3.63, 3.8) is 0 Å². The second-order valence-electron chi connectivity index (χ2n) is 4.58. The lowest BCUT2D eigenvalue weighted by molar-refractivity contribution is -0.129. The van der Waals surface area contributed by atoms with E-state index < -0.39 is 0 Å². The number of rotatable bonds is 6. The summed E-state index contributed by atoms with van der Waals surface area (Å²) < 4.78 is 5.24. The van der Waals surface area contributed by atoms with Crippen LogP contribution in [0.25, 0.3) is 0 Å². The predicted molar refractivity (Wildman–Crippen MR) is 82.6 cm³/mol. The molecular weight excluding hydrogens is 278 g/mol. The number of terminal acetylenes is 1. The van der Waals surface area contributed by atoms with Gasteiger partial charge >= 0.3 is 0 Å². The van der Waals surface area contributed by atoms with E-state index in [-0.39, 0.29) is 19.0 Å². The number of anilines is 1. The Morgan fingerprint density at radius 1 is 1.32 bits per heavy atom. The molecule has 0 aliphatic carbocycles. The van der Waals surface area contributed by atoms with Gasteiger partial charge in [-0.15, -0.1) is 6.42 Å². The number of nitriles is 1. The Morgan fingerprint density at radius 2 is 2.09 bits per heavy atom. The highest BCUT2D eigenvalue weighted by atomic mass is 16.3. The molecule has 5 nitrogen and oxygen atoms in total. The van der Waals surface area contributed by atoms with Crippen molar-refractivity contribution in [2.45, 2.75) is 6.54 Å². The zero-order valence-corrected chi connectivity index (χ0v) is 12.0. The average molecular weight is 293 g/mol. The number of benzene rings is 1. The maximum absolute atomic E-state index is 12.2. The summed E-state index contributed by atoms with van der Waals surface area (Å²) >= 11 is 0. The highest BCUT2D eigenvalue weighted by Gasteiger charge is 2.14. The van der Waals surface area contributed by atoms with Gasteiger partial charge in [0.1, 0.15) is 5.76 Å². The standard InChI is InChI=1S/C17H15N3O2/c1-2-9-20(13-16-4-3-10-22-16)17(21)12-19-15-7-5-14(11-18)6-8-15/h1,3-8,10,19H,9,12-13H2. The van der Waals surface area contributed by atoms with Crippen LogP contribution in [0.15, 0.2) is 47.1 Å². The van der Waals surface area contributed by atoms with E-state index in [0.717, 1.165) is 5.69 Å². The second-order valence-corrected chi connectivity index (χ2v) is 4.58. The van der Waals surface area contributed by atoms with Gasteiger partial charge in [-0.25, -0.2) is 0 Å². The normalized spacial score (nSPS) is 9.55. The number of hydrogen-bond acceptors (Lipinski definition) is 4. The molecular formula is C17H15N3O2. The molecule has 0 aliphatic rings. The third kappa shape index (κ3) is 4.16. The van der Waals surface area contributed by atoms with Gasteiger partial charge in [-0.05, 0) is 36.4 Å². The van der Waals surface area contributed by atoms with Crippen LogP contribution in [0.5, 0.6) is 0 Å². The molecule has 1 amide bonds. The van der Waals surface area contributed by atoms with Crippen LogP contribution in [0.1, 0.15) is 11.3 Å². The molecule has 2 rings (SSSR count). The quantitative estimate of drug-likeness (QED) is 0.829. The van der Waals surface area contributed by atoms with Crippen molar-refractivity contribution >= 4 is 11.6 Å².